The number of nitrogens with zero attached hydrogens (tertiary/aromatic N) is 3. The number of halogens is 1. The number of rotatable bonds is 6. The number of fused-ring (bicyclic) bond motifs is 1. The molecule has 0 saturated carbocycles. The summed E-state index contributed by atoms with van der Waals surface area (Å²) < 4.78 is 2.43. The molecule has 1 aliphatic rings. The summed E-state index contributed by atoms with van der Waals surface area (Å²) in [5.74, 6) is -0.907. The Bertz CT molecular complexity index is 891. The van der Waals surface area contributed by atoms with Crippen LogP contribution in [-0.2, 0) is 11.3 Å². The molecule has 2 aromatic rings. The monoisotopic (exact) mass is 407 g/mol. The van der Waals surface area contributed by atoms with Crippen molar-refractivity contribution in [2.45, 2.75) is 37.9 Å². The van der Waals surface area contributed by atoms with Gasteiger partial charge >= 0.3 is 5.97 Å². The molecule has 0 fully saturated rings. The molecule has 0 aliphatic heterocycles. The second kappa shape index (κ2) is 7.53. The molecule has 0 bridgehead atoms. The van der Waals surface area contributed by atoms with Gasteiger partial charge in [0.15, 0.2) is 4.73 Å². The van der Waals surface area contributed by atoms with E-state index < -0.39 is 5.97 Å². The zero-order valence-corrected chi connectivity index (χ0v) is 15.7. The van der Waals surface area contributed by atoms with E-state index in [1.54, 1.807) is 4.68 Å². The van der Waals surface area contributed by atoms with Crippen LogP contribution < -0.4 is 10.4 Å². The molecule has 1 aromatic heterocycles. The normalized spacial score (nSPS) is 13.9. The second-order valence-corrected chi connectivity index (χ2v) is 7.26. The van der Waals surface area contributed by atoms with Gasteiger partial charge in [-0.05, 0) is 51.2 Å². The standard InChI is InChI=1S/C17H18BrN3O2S/c1-2-11-7-8-12(14-6-4-3-5-13(11)14)9-21-16(18)19-17(20-21)24-10-15(22)23/h3-6H,2,7-10H2,1H3,(H,22,23). The molecular formula is C17H18BrN3O2S. The van der Waals surface area contributed by atoms with Gasteiger partial charge in [0.1, 0.15) is 0 Å². The Morgan fingerprint density at radius 2 is 1.96 bits per heavy atom. The van der Waals surface area contributed by atoms with Crippen molar-refractivity contribution in [2.75, 3.05) is 5.75 Å². The van der Waals surface area contributed by atoms with Crippen molar-refractivity contribution < 1.29 is 9.90 Å². The predicted molar refractivity (Wildman–Crippen MR) is 98.1 cm³/mol. The third kappa shape index (κ3) is 3.72. The van der Waals surface area contributed by atoms with Gasteiger partial charge in [-0.25, -0.2) is 4.68 Å². The summed E-state index contributed by atoms with van der Waals surface area (Å²) in [5, 5.41) is 16.3. The zero-order valence-electron chi connectivity index (χ0n) is 13.3. The van der Waals surface area contributed by atoms with Crippen LogP contribution in [0, 0.1) is 0 Å². The number of hydrogen-bond acceptors (Lipinski definition) is 4. The van der Waals surface area contributed by atoms with E-state index in [0.717, 1.165) is 31.0 Å². The smallest absolute Gasteiger partial charge is 0.313 e. The van der Waals surface area contributed by atoms with Crippen molar-refractivity contribution in [1.82, 2.24) is 14.8 Å². The number of aromatic nitrogens is 3. The van der Waals surface area contributed by atoms with Gasteiger partial charge in [0.05, 0.1) is 12.3 Å². The van der Waals surface area contributed by atoms with Crippen LogP contribution in [0.3, 0.4) is 0 Å². The van der Waals surface area contributed by atoms with E-state index in [0.29, 0.717) is 16.4 Å². The minimum atomic E-state index is -0.870. The summed E-state index contributed by atoms with van der Waals surface area (Å²) in [4.78, 5) is 15.0. The fourth-order valence-corrected chi connectivity index (χ4v) is 4.02. The molecule has 0 unspecified atom stereocenters. The first kappa shape index (κ1) is 17.2. The maximum atomic E-state index is 10.7. The topological polar surface area (TPSA) is 68.0 Å². The van der Waals surface area contributed by atoms with E-state index >= 15 is 0 Å². The summed E-state index contributed by atoms with van der Waals surface area (Å²) in [6.07, 6.45) is 3.17. The Kier molecular flexibility index (Phi) is 5.40. The van der Waals surface area contributed by atoms with Crippen LogP contribution in [0.2, 0.25) is 0 Å². The number of carboxylic acids is 1. The Morgan fingerprint density at radius 1 is 1.29 bits per heavy atom. The summed E-state index contributed by atoms with van der Waals surface area (Å²) in [5.41, 5.74) is 2.84. The van der Waals surface area contributed by atoms with Crippen LogP contribution in [0.4, 0.5) is 0 Å². The summed E-state index contributed by atoms with van der Waals surface area (Å²) in [6.45, 7) is 2.87. The number of hydrogen-bond donors (Lipinski definition) is 1. The highest BCUT2D eigenvalue weighted by molar-refractivity contribution is 9.10. The van der Waals surface area contributed by atoms with Gasteiger partial charge in [0.25, 0.3) is 0 Å². The van der Waals surface area contributed by atoms with E-state index in [2.05, 4.69) is 57.2 Å². The highest BCUT2D eigenvalue weighted by atomic mass is 79.9. The Balaban J connectivity index is 1.94. The van der Waals surface area contributed by atoms with E-state index in [1.165, 1.54) is 21.6 Å². The van der Waals surface area contributed by atoms with Crippen LogP contribution in [0.5, 0.6) is 0 Å². The Hall–Kier alpha value is -1.60. The fraction of sp³-hybridized carbons (Fsp3) is 0.353. The maximum Gasteiger partial charge on any atom is 0.313 e. The number of aliphatic carboxylic acids is 1. The highest BCUT2D eigenvalue weighted by Crippen LogP contribution is 2.22. The van der Waals surface area contributed by atoms with Crippen molar-refractivity contribution in [3.63, 3.8) is 0 Å². The zero-order chi connectivity index (χ0) is 17.1. The quantitative estimate of drug-likeness (QED) is 0.744. The lowest BCUT2D eigenvalue weighted by Crippen LogP contribution is -2.33. The van der Waals surface area contributed by atoms with Gasteiger partial charge < -0.3 is 5.11 Å². The molecule has 0 amide bonds. The number of thioether (sulfide) groups is 1. The molecule has 1 aliphatic carbocycles. The average Bonchev–Trinajstić information content (AvgIpc) is 2.93. The Morgan fingerprint density at radius 3 is 2.62 bits per heavy atom. The molecule has 126 valence electrons. The lowest BCUT2D eigenvalue weighted by Gasteiger charge is -2.16. The largest absolute Gasteiger partial charge is 0.481 e. The molecule has 1 aromatic carbocycles. The van der Waals surface area contributed by atoms with E-state index in [9.17, 15) is 4.79 Å². The molecule has 3 rings (SSSR count). The summed E-state index contributed by atoms with van der Waals surface area (Å²) >= 11 is 4.56. The summed E-state index contributed by atoms with van der Waals surface area (Å²) in [7, 11) is 0. The first-order valence-electron chi connectivity index (χ1n) is 7.82. The third-order valence-corrected chi connectivity index (χ3v) is 5.53. The maximum absolute atomic E-state index is 10.7. The van der Waals surface area contributed by atoms with Gasteiger partial charge in [-0.15, -0.1) is 5.10 Å². The first-order chi connectivity index (χ1) is 11.6. The molecule has 7 heteroatoms. The Labute approximate surface area is 152 Å². The number of carbonyl (C=O) groups is 1. The van der Waals surface area contributed by atoms with E-state index in [-0.39, 0.29) is 5.75 Å². The first-order valence-corrected chi connectivity index (χ1v) is 9.60. The van der Waals surface area contributed by atoms with Crippen molar-refractivity contribution in [1.29, 1.82) is 0 Å². The summed E-state index contributed by atoms with van der Waals surface area (Å²) in [6, 6.07) is 8.52. The lowest BCUT2D eigenvalue weighted by atomic mass is 9.92. The van der Waals surface area contributed by atoms with Crippen LogP contribution in [0.1, 0.15) is 26.2 Å². The van der Waals surface area contributed by atoms with Crippen molar-refractivity contribution in [3.8, 4) is 0 Å². The molecule has 0 radical (unpaired) electrons. The number of carboxylic acid groups (broad SMARTS) is 1. The van der Waals surface area contributed by atoms with Gasteiger partial charge in [-0.3, -0.25) is 4.79 Å². The van der Waals surface area contributed by atoms with Crippen molar-refractivity contribution >= 4 is 44.8 Å². The average molecular weight is 408 g/mol. The van der Waals surface area contributed by atoms with E-state index in [1.807, 2.05) is 0 Å². The van der Waals surface area contributed by atoms with Gasteiger partial charge in [0, 0.05) is 0 Å². The van der Waals surface area contributed by atoms with Crippen LogP contribution in [0.25, 0.3) is 11.1 Å². The second-order valence-electron chi connectivity index (χ2n) is 5.61. The number of benzene rings is 1. The van der Waals surface area contributed by atoms with Gasteiger partial charge in [-0.2, -0.15) is 4.98 Å². The molecule has 0 atom stereocenters. The van der Waals surface area contributed by atoms with Gasteiger partial charge in [0.2, 0.25) is 5.16 Å². The minimum absolute atomic E-state index is 0.0370. The van der Waals surface area contributed by atoms with Crippen LogP contribution in [0.15, 0.2) is 34.2 Å². The molecule has 0 saturated heterocycles. The predicted octanol–water partition coefficient (Wildman–Crippen LogP) is 2.42. The molecule has 24 heavy (non-hydrogen) atoms. The SMILES string of the molecule is CCC1=c2ccccc2=C(Cn2nc(SCC(=O)O)nc2Br)CC1. The third-order valence-electron chi connectivity index (χ3n) is 4.12. The van der Waals surface area contributed by atoms with Crippen molar-refractivity contribution in [3.05, 3.63) is 39.4 Å². The fourth-order valence-electron chi connectivity index (χ4n) is 2.97. The minimum Gasteiger partial charge on any atom is -0.481 e. The van der Waals surface area contributed by atoms with Crippen molar-refractivity contribution in [2.24, 2.45) is 0 Å². The van der Waals surface area contributed by atoms with Crippen LogP contribution in [-0.4, -0.2) is 31.6 Å². The van der Waals surface area contributed by atoms with Gasteiger partial charge in [-0.1, -0.05) is 48.5 Å². The molecule has 0 spiro atoms. The van der Waals surface area contributed by atoms with Crippen LogP contribution >= 0.6 is 27.7 Å². The molecule has 5 nitrogen and oxygen atoms in total. The van der Waals surface area contributed by atoms with E-state index in [4.69, 9.17) is 5.11 Å². The molecular weight excluding hydrogens is 390 g/mol. The molecule has 1 heterocycles. The lowest BCUT2D eigenvalue weighted by molar-refractivity contribution is -0.133. The molecule has 1 N–H and O–H groups in total. The highest BCUT2D eigenvalue weighted by Gasteiger charge is 2.14.